The van der Waals surface area contributed by atoms with E-state index in [4.69, 9.17) is 0 Å². The molecule has 0 saturated carbocycles. The van der Waals surface area contributed by atoms with Crippen molar-refractivity contribution in [1.82, 2.24) is 9.95 Å². The van der Waals surface area contributed by atoms with Gasteiger partial charge in [0.05, 0.1) is 24.6 Å². The third-order valence-corrected chi connectivity index (χ3v) is 3.79. The van der Waals surface area contributed by atoms with E-state index in [2.05, 4.69) is 20.0 Å². The predicted octanol–water partition coefficient (Wildman–Crippen LogP) is 0.758. The summed E-state index contributed by atoms with van der Waals surface area (Å²) in [6.45, 7) is 1.68. The van der Waals surface area contributed by atoms with Gasteiger partial charge in [0.25, 0.3) is 0 Å². The zero-order chi connectivity index (χ0) is 15.5. The molecule has 1 heterocycles. The van der Waals surface area contributed by atoms with Crippen LogP contribution in [0.3, 0.4) is 0 Å². The number of hydrogen-bond donors (Lipinski definition) is 2. The van der Waals surface area contributed by atoms with Gasteiger partial charge in [-0.15, -0.1) is 5.10 Å². The number of anilines is 1. The number of carbonyl (C=O) groups is 1. The summed E-state index contributed by atoms with van der Waals surface area (Å²) in [5.41, 5.74) is 3.30. The van der Waals surface area contributed by atoms with Crippen LogP contribution in [0.4, 0.5) is 5.69 Å². The highest BCUT2D eigenvalue weighted by molar-refractivity contribution is 7.90. The standard InChI is InChI=1S/C12H14N4O4S/c1-9-5-3-6-10(12(17)20-2)11(9)15-21(18,19)16-13-7-4-8-14-16/h3-8,13,15H,1-2H3. The number of hydrogen-bond acceptors (Lipinski definition) is 6. The molecule has 0 bridgehead atoms. The lowest BCUT2D eigenvalue weighted by molar-refractivity contribution is 0.0602. The van der Waals surface area contributed by atoms with E-state index in [0.717, 1.165) is 0 Å². The molecule has 0 spiro atoms. The fourth-order valence-corrected chi connectivity index (χ4v) is 2.66. The zero-order valence-corrected chi connectivity index (χ0v) is 12.2. The number of nitrogens with one attached hydrogen (secondary N) is 2. The second kappa shape index (κ2) is 5.83. The Bertz CT molecular complexity index is 712. The van der Waals surface area contributed by atoms with Gasteiger partial charge in [-0.25, -0.2) is 4.79 Å². The van der Waals surface area contributed by atoms with Crippen LogP contribution in [0.25, 0.3) is 0 Å². The van der Waals surface area contributed by atoms with Gasteiger partial charge in [-0.05, 0) is 24.6 Å². The normalized spacial score (nSPS) is 13.7. The molecule has 0 amide bonds. The average molecular weight is 310 g/mol. The number of benzene rings is 1. The van der Waals surface area contributed by atoms with Crippen LogP contribution in [-0.4, -0.2) is 32.2 Å². The fourth-order valence-electron chi connectivity index (χ4n) is 1.67. The molecular formula is C12H14N4O4S. The monoisotopic (exact) mass is 310 g/mol. The van der Waals surface area contributed by atoms with E-state index in [1.807, 2.05) is 0 Å². The minimum atomic E-state index is -4.01. The van der Waals surface area contributed by atoms with Crippen LogP contribution in [0, 0.1) is 6.92 Å². The minimum Gasteiger partial charge on any atom is -0.465 e. The van der Waals surface area contributed by atoms with Gasteiger partial charge in [-0.2, -0.15) is 8.42 Å². The number of hydrazone groups is 1. The molecule has 1 aliphatic heterocycles. The van der Waals surface area contributed by atoms with Crippen molar-refractivity contribution in [1.29, 1.82) is 0 Å². The summed E-state index contributed by atoms with van der Waals surface area (Å²) in [6.07, 6.45) is 4.26. The summed E-state index contributed by atoms with van der Waals surface area (Å²) >= 11 is 0. The molecule has 21 heavy (non-hydrogen) atoms. The Morgan fingerprint density at radius 3 is 2.81 bits per heavy atom. The average Bonchev–Trinajstić information content (AvgIpc) is 2.49. The highest BCUT2D eigenvalue weighted by Crippen LogP contribution is 2.23. The topological polar surface area (TPSA) is 100 Å². The maximum absolute atomic E-state index is 12.2. The number of nitrogens with zero attached hydrogens (tertiary/aromatic N) is 2. The molecule has 2 rings (SSSR count). The molecule has 0 unspecified atom stereocenters. The van der Waals surface area contributed by atoms with Crippen LogP contribution in [0.1, 0.15) is 15.9 Å². The highest BCUT2D eigenvalue weighted by Gasteiger charge is 2.24. The first-order valence-electron chi connectivity index (χ1n) is 5.92. The molecule has 0 radical (unpaired) electrons. The van der Waals surface area contributed by atoms with E-state index < -0.39 is 16.2 Å². The summed E-state index contributed by atoms with van der Waals surface area (Å²) in [5, 5.41) is 3.67. The van der Waals surface area contributed by atoms with E-state index in [0.29, 0.717) is 10.1 Å². The second-order valence-electron chi connectivity index (χ2n) is 4.09. The minimum absolute atomic E-state index is 0.123. The van der Waals surface area contributed by atoms with Crippen LogP contribution in [0.5, 0.6) is 0 Å². The summed E-state index contributed by atoms with van der Waals surface area (Å²) in [6, 6.07) is 4.79. The summed E-state index contributed by atoms with van der Waals surface area (Å²) in [4.78, 5) is 11.7. The van der Waals surface area contributed by atoms with Crippen LogP contribution in [0.2, 0.25) is 0 Å². The van der Waals surface area contributed by atoms with Gasteiger partial charge in [0.15, 0.2) is 0 Å². The highest BCUT2D eigenvalue weighted by atomic mass is 32.2. The van der Waals surface area contributed by atoms with Crippen molar-refractivity contribution in [3.63, 3.8) is 0 Å². The molecule has 1 aliphatic rings. The van der Waals surface area contributed by atoms with Crippen LogP contribution in [0.15, 0.2) is 35.6 Å². The lowest BCUT2D eigenvalue weighted by Gasteiger charge is -2.22. The second-order valence-corrected chi connectivity index (χ2v) is 5.59. The molecule has 112 valence electrons. The first-order valence-corrected chi connectivity index (χ1v) is 7.36. The SMILES string of the molecule is COC(=O)c1cccc(C)c1NS(=O)(=O)N1N=CC=CN1. The van der Waals surface area contributed by atoms with Crippen LogP contribution in [-0.2, 0) is 14.9 Å². The Morgan fingerprint density at radius 1 is 1.43 bits per heavy atom. The van der Waals surface area contributed by atoms with E-state index in [1.165, 1.54) is 25.6 Å². The van der Waals surface area contributed by atoms with Gasteiger partial charge in [0, 0.05) is 6.20 Å². The Hall–Kier alpha value is -2.55. The molecule has 9 heteroatoms. The van der Waals surface area contributed by atoms with Crippen molar-refractivity contribution in [2.75, 3.05) is 11.8 Å². The summed E-state index contributed by atoms with van der Waals surface area (Å²) in [7, 11) is -2.78. The number of hydrazine groups is 1. The number of para-hydroxylation sites is 1. The quantitative estimate of drug-likeness (QED) is 0.800. The smallest absolute Gasteiger partial charge is 0.357 e. The van der Waals surface area contributed by atoms with Crippen molar-refractivity contribution in [2.24, 2.45) is 5.10 Å². The molecule has 0 saturated heterocycles. The lowest BCUT2D eigenvalue weighted by Crippen LogP contribution is -2.40. The molecule has 8 nitrogen and oxygen atoms in total. The van der Waals surface area contributed by atoms with Crippen molar-refractivity contribution in [3.05, 3.63) is 41.6 Å². The third kappa shape index (κ3) is 3.14. The number of allylic oxidation sites excluding steroid dienone is 1. The lowest BCUT2D eigenvalue weighted by atomic mass is 10.1. The number of ether oxygens (including phenoxy) is 1. The number of esters is 1. The molecule has 0 aliphatic carbocycles. The fraction of sp³-hybridized carbons (Fsp3) is 0.167. The number of rotatable bonds is 4. The molecule has 0 atom stereocenters. The van der Waals surface area contributed by atoms with E-state index >= 15 is 0 Å². The Labute approximate surface area is 122 Å². The number of carbonyl (C=O) groups excluding carboxylic acids is 1. The van der Waals surface area contributed by atoms with Gasteiger partial charge < -0.3 is 4.74 Å². The molecule has 1 aromatic rings. The molecular weight excluding hydrogens is 296 g/mol. The maximum Gasteiger partial charge on any atom is 0.357 e. The Morgan fingerprint density at radius 2 is 2.19 bits per heavy atom. The number of methoxy groups -OCH3 is 1. The zero-order valence-electron chi connectivity index (χ0n) is 11.4. The Kier molecular flexibility index (Phi) is 4.13. The van der Waals surface area contributed by atoms with Crippen molar-refractivity contribution in [2.45, 2.75) is 6.92 Å². The summed E-state index contributed by atoms with van der Waals surface area (Å²) in [5.74, 6) is -0.633. The van der Waals surface area contributed by atoms with Crippen molar-refractivity contribution in [3.8, 4) is 0 Å². The van der Waals surface area contributed by atoms with Crippen molar-refractivity contribution < 1.29 is 17.9 Å². The largest absolute Gasteiger partial charge is 0.465 e. The Balaban J connectivity index is 2.37. The van der Waals surface area contributed by atoms with Gasteiger partial charge in [-0.3, -0.25) is 10.1 Å². The third-order valence-electron chi connectivity index (χ3n) is 2.68. The summed E-state index contributed by atoms with van der Waals surface area (Å²) < 4.78 is 32.1. The van der Waals surface area contributed by atoms with Crippen molar-refractivity contribution >= 4 is 28.1 Å². The van der Waals surface area contributed by atoms with E-state index in [-0.39, 0.29) is 11.3 Å². The molecule has 1 aromatic carbocycles. The maximum atomic E-state index is 12.2. The van der Waals surface area contributed by atoms with Crippen LogP contribution < -0.4 is 10.1 Å². The van der Waals surface area contributed by atoms with Gasteiger partial charge in [0.1, 0.15) is 0 Å². The van der Waals surface area contributed by atoms with Gasteiger partial charge in [-0.1, -0.05) is 16.7 Å². The molecule has 2 N–H and O–H groups in total. The molecule has 0 aromatic heterocycles. The molecule has 0 fully saturated rings. The van der Waals surface area contributed by atoms with E-state index in [9.17, 15) is 13.2 Å². The number of aryl methyl sites for hydroxylation is 1. The van der Waals surface area contributed by atoms with Gasteiger partial charge in [0.2, 0.25) is 0 Å². The first-order chi connectivity index (χ1) is 9.95. The predicted molar refractivity (Wildman–Crippen MR) is 77.7 cm³/mol. The van der Waals surface area contributed by atoms with Crippen LogP contribution >= 0.6 is 0 Å². The first kappa shape index (κ1) is 14.9. The van der Waals surface area contributed by atoms with E-state index in [1.54, 1.807) is 25.1 Å². The van der Waals surface area contributed by atoms with Gasteiger partial charge >= 0.3 is 16.2 Å².